The van der Waals surface area contributed by atoms with E-state index in [0.29, 0.717) is 6.04 Å². The van der Waals surface area contributed by atoms with Crippen molar-refractivity contribution in [2.24, 2.45) is 11.8 Å². The summed E-state index contributed by atoms with van der Waals surface area (Å²) in [5.74, 6) is 1.45. The molecule has 0 heterocycles. The molecule has 16 heavy (non-hydrogen) atoms. The van der Waals surface area contributed by atoms with Crippen molar-refractivity contribution in [1.82, 2.24) is 5.32 Å². The maximum atomic E-state index is 5.59. The fourth-order valence-corrected chi connectivity index (χ4v) is 2.15. The van der Waals surface area contributed by atoms with Gasteiger partial charge in [0.2, 0.25) is 0 Å². The minimum atomic E-state index is 0.602. The first kappa shape index (κ1) is 15.9. The summed E-state index contributed by atoms with van der Waals surface area (Å²) in [5.41, 5.74) is 0. The van der Waals surface area contributed by atoms with Crippen molar-refractivity contribution in [2.45, 2.75) is 59.9 Å². The Morgan fingerprint density at radius 3 is 2.19 bits per heavy atom. The van der Waals surface area contributed by atoms with Gasteiger partial charge in [-0.05, 0) is 44.6 Å². The van der Waals surface area contributed by atoms with Crippen LogP contribution in [0.25, 0.3) is 0 Å². The van der Waals surface area contributed by atoms with Crippen LogP contribution in [0.4, 0.5) is 0 Å². The average Bonchev–Trinajstić information content (AvgIpc) is 2.25. The third kappa shape index (κ3) is 7.24. The molecule has 0 aliphatic carbocycles. The van der Waals surface area contributed by atoms with Crippen LogP contribution in [0.5, 0.6) is 0 Å². The lowest BCUT2D eigenvalue weighted by atomic mass is 9.86. The molecule has 0 radical (unpaired) electrons. The smallest absolute Gasteiger partial charge is 0.0469 e. The third-order valence-corrected chi connectivity index (χ3v) is 3.16. The highest BCUT2D eigenvalue weighted by molar-refractivity contribution is 4.74. The molecule has 0 aliphatic heterocycles. The van der Waals surface area contributed by atoms with Gasteiger partial charge in [-0.15, -0.1) is 0 Å². The second-order valence-electron chi connectivity index (χ2n) is 5.05. The van der Waals surface area contributed by atoms with Crippen LogP contribution in [0.1, 0.15) is 53.9 Å². The highest BCUT2D eigenvalue weighted by Gasteiger charge is 2.19. The molecular formula is C14H31NO. The number of ether oxygens (including phenoxy) is 1. The van der Waals surface area contributed by atoms with Crippen LogP contribution in [0.15, 0.2) is 0 Å². The van der Waals surface area contributed by atoms with Crippen molar-refractivity contribution in [3.63, 3.8) is 0 Å². The van der Waals surface area contributed by atoms with E-state index in [1.807, 2.05) is 0 Å². The molecule has 0 rings (SSSR count). The van der Waals surface area contributed by atoms with Gasteiger partial charge in [0.05, 0.1) is 0 Å². The molecule has 0 fully saturated rings. The van der Waals surface area contributed by atoms with E-state index < -0.39 is 0 Å². The molecule has 0 spiro atoms. The Morgan fingerprint density at radius 1 is 1.00 bits per heavy atom. The van der Waals surface area contributed by atoms with Gasteiger partial charge in [-0.3, -0.25) is 0 Å². The zero-order valence-corrected chi connectivity index (χ0v) is 11.9. The zero-order chi connectivity index (χ0) is 12.4. The van der Waals surface area contributed by atoms with Crippen LogP contribution in [-0.4, -0.2) is 25.8 Å². The van der Waals surface area contributed by atoms with Gasteiger partial charge in [0.15, 0.2) is 0 Å². The van der Waals surface area contributed by atoms with E-state index in [-0.39, 0.29) is 0 Å². The Morgan fingerprint density at radius 2 is 1.69 bits per heavy atom. The number of hydrogen-bond donors (Lipinski definition) is 1. The highest BCUT2D eigenvalue weighted by Crippen LogP contribution is 2.19. The Balaban J connectivity index is 3.86. The molecule has 0 saturated heterocycles. The zero-order valence-electron chi connectivity index (χ0n) is 11.9. The van der Waals surface area contributed by atoms with E-state index in [1.165, 1.54) is 12.8 Å². The topological polar surface area (TPSA) is 21.3 Å². The van der Waals surface area contributed by atoms with Crippen molar-refractivity contribution in [2.75, 3.05) is 19.8 Å². The van der Waals surface area contributed by atoms with Gasteiger partial charge in [-0.25, -0.2) is 0 Å². The summed E-state index contributed by atoms with van der Waals surface area (Å²) in [6.07, 6.45) is 3.51. The third-order valence-electron chi connectivity index (χ3n) is 3.16. The van der Waals surface area contributed by atoms with Crippen LogP contribution in [0.2, 0.25) is 0 Å². The maximum absolute atomic E-state index is 5.59. The lowest BCUT2D eigenvalue weighted by molar-refractivity contribution is 0.106. The van der Waals surface area contributed by atoms with Gasteiger partial charge in [0.1, 0.15) is 0 Å². The first-order chi connectivity index (χ1) is 7.63. The molecule has 0 aromatic rings. The molecule has 2 atom stereocenters. The van der Waals surface area contributed by atoms with Gasteiger partial charge in [-0.1, -0.05) is 27.7 Å². The number of nitrogens with one attached hydrogen (secondary N) is 1. The van der Waals surface area contributed by atoms with Crippen molar-refractivity contribution in [3.8, 4) is 0 Å². The second kappa shape index (κ2) is 10.1. The molecule has 98 valence electrons. The highest BCUT2D eigenvalue weighted by atomic mass is 16.5. The average molecular weight is 229 g/mol. The molecule has 0 bridgehead atoms. The Hall–Kier alpha value is -0.0800. The van der Waals surface area contributed by atoms with Crippen molar-refractivity contribution >= 4 is 0 Å². The van der Waals surface area contributed by atoms with Crippen molar-refractivity contribution < 1.29 is 4.74 Å². The summed E-state index contributed by atoms with van der Waals surface area (Å²) < 4.78 is 5.59. The summed E-state index contributed by atoms with van der Waals surface area (Å²) in [4.78, 5) is 0. The number of rotatable bonds is 10. The predicted octanol–water partition coefficient (Wildman–Crippen LogP) is 3.46. The van der Waals surface area contributed by atoms with Gasteiger partial charge in [0.25, 0.3) is 0 Å². The van der Waals surface area contributed by atoms with Gasteiger partial charge >= 0.3 is 0 Å². The molecule has 2 nitrogen and oxygen atoms in total. The van der Waals surface area contributed by atoms with Crippen LogP contribution in [-0.2, 0) is 4.74 Å². The Labute approximate surface area is 102 Å². The quantitative estimate of drug-likeness (QED) is 0.579. The molecule has 2 unspecified atom stereocenters. The van der Waals surface area contributed by atoms with Crippen molar-refractivity contribution in [3.05, 3.63) is 0 Å². The standard InChI is InChI=1S/C14H31NO/c1-6-9-15-13(5)14(12(3)4)8-11-16-10-7-2/h12-15H,6-11H2,1-5H3. The van der Waals surface area contributed by atoms with Crippen LogP contribution < -0.4 is 5.32 Å². The molecule has 0 aliphatic rings. The monoisotopic (exact) mass is 229 g/mol. The van der Waals surface area contributed by atoms with Gasteiger partial charge < -0.3 is 10.1 Å². The maximum Gasteiger partial charge on any atom is 0.0469 e. The summed E-state index contributed by atoms with van der Waals surface area (Å²) >= 11 is 0. The van der Waals surface area contributed by atoms with Gasteiger partial charge in [-0.2, -0.15) is 0 Å². The normalized spacial score (nSPS) is 15.4. The van der Waals surface area contributed by atoms with Crippen LogP contribution in [0, 0.1) is 11.8 Å². The lowest BCUT2D eigenvalue weighted by Crippen LogP contribution is -2.37. The lowest BCUT2D eigenvalue weighted by Gasteiger charge is -2.28. The van der Waals surface area contributed by atoms with E-state index >= 15 is 0 Å². The molecule has 1 N–H and O–H groups in total. The van der Waals surface area contributed by atoms with E-state index in [0.717, 1.165) is 38.0 Å². The summed E-state index contributed by atoms with van der Waals surface area (Å²) in [6.45, 7) is 14.2. The summed E-state index contributed by atoms with van der Waals surface area (Å²) in [7, 11) is 0. The minimum Gasteiger partial charge on any atom is -0.381 e. The summed E-state index contributed by atoms with van der Waals surface area (Å²) in [5, 5.41) is 3.60. The number of hydrogen-bond acceptors (Lipinski definition) is 2. The fraction of sp³-hybridized carbons (Fsp3) is 1.00. The summed E-state index contributed by atoms with van der Waals surface area (Å²) in [6, 6.07) is 0.602. The van der Waals surface area contributed by atoms with E-state index in [4.69, 9.17) is 4.74 Å². The predicted molar refractivity (Wildman–Crippen MR) is 71.8 cm³/mol. The Bertz CT molecular complexity index is 148. The van der Waals surface area contributed by atoms with Crippen LogP contribution in [0.3, 0.4) is 0 Å². The second-order valence-corrected chi connectivity index (χ2v) is 5.05. The first-order valence-electron chi connectivity index (χ1n) is 6.94. The minimum absolute atomic E-state index is 0.602. The SMILES string of the molecule is CCCNC(C)C(CCOCCC)C(C)C. The molecule has 0 saturated carbocycles. The first-order valence-corrected chi connectivity index (χ1v) is 6.94. The van der Waals surface area contributed by atoms with E-state index in [2.05, 4.69) is 39.9 Å². The van der Waals surface area contributed by atoms with Crippen LogP contribution >= 0.6 is 0 Å². The van der Waals surface area contributed by atoms with E-state index in [1.54, 1.807) is 0 Å². The van der Waals surface area contributed by atoms with Gasteiger partial charge in [0, 0.05) is 19.3 Å². The van der Waals surface area contributed by atoms with E-state index in [9.17, 15) is 0 Å². The van der Waals surface area contributed by atoms with Crippen molar-refractivity contribution in [1.29, 1.82) is 0 Å². The Kier molecular flexibility index (Phi) is 10.0. The fourth-order valence-electron chi connectivity index (χ4n) is 2.15. The molecule has 0 aromatic heterocycles. The molecular weight excluding hydrogens is 198 g/mol. The molecule has 0 aromatic carbocycles. The largest absolute Gasteiger partial charge is 0.381 e. The molecule has 0 amide bonds. The molecule has 2 heteroatoms.